The quantitative estimate of drug-likeness (QED) is 0.498. The predicted molar refractivity (Wildman–Crippen MR) is 96.5 cm³/mol. The zero-order chi connectivity index (χ0) is 20.6. The van der Waals surface area contributed by atoms with Crippen molar-refractivity contribution in [2.24, 2.45) is 0 Å². The molecule has 2 N–H and O–H groups in total. The Balaban J connectivity index is 1.80. The molecule has 0 bridgehead atoms. The summed E-state index contributed by atoms with van der Waals surface area (Å²) in [5.41, 5.74) is -0.710. The van der Waals surface area contributed by atoms with Gasteiger partial charge in [0.1, 0.15) is 17.2 Å². The topological polar surface area (TPSA) is 83.6 Å². The van der Waals surface area contributed by atoms with Crippen molar-refractivity contribution in [1.29, 1.82) is 0 Å². The molecule has 29 heavy (non-hydrogen) atoms. The number of hydrogen-bond acceptors (Lipinski definition) is 4. The van der Waals surface area contributed by atoms with Gasteiger partial charge in [0.25, 0.3) is 5.91 Å². The van der Waals surface area contributed by atoms with Crippen LogP contribution in [0.3, 0.4) is 0 Å². The van der Waals surface area contributed by atoms with Crippen molar-refractivity contribution in [2.75, 3.05) is 5.32 Å². The zero-order valence-electron chi connectivity index (χ0n) is 14.5. The zero-order valence-corrected chi connectivity index (χ0v) is 14.5. The highest BCUT2D eigenvalue weighted by atomic mass is 19.4. The van der Waals surface area contributed by atoms with Gasteiger partial charge in [0.2, 0.25) is 0 Å². The third-order valence-electron chi connectivity index (χ3n) is 4.10. The highest BCUT2D eigenvalue weighted by Gasteiger charge is 2.34. The van der Waals surface area contributed by atoms with Gasteiger partial charge < -0.3 is 10.3 Å². The Hall–Kier alpha value is -3.82. The minimum absolute atomic E-state index is 0.0406. The Kier molecular flexibility index (Phi) is 4.45. The number of hydrogen-bond donors (Lipinski definition) is 2. The second-order valence-corrected chi connectivity index (χ2v) is 6.05. The van der Waals surface area contributed by atoms with E-state index < -0.39 is 29.0 Å². The lowest BCUT2D eigenvalue weighted by Gasteiger charge is -2.11. The number of aromatic nitrogens is 4. The maximum Gasteiger partial charge on any atom is 0.417 e. The van der Waals surface area contributed by atoms with Crippen LogP contribution in [-0.4, -0.2) is 25.8 Å². The summed E-state index contributed by atoms with van der Waals surface area (Å²) in [7, 11) is 0. The fourth-order valence-electron chi connectivity index (χ4n) is 2.82. The van der Waals surface area contributed by atoms with Gasteiger partial charge in [0.05, 0.1) is 34.7 Å². The SMILES string of the molecule is O=C(Nc1cccnc1)c1cncc2[nH]c(-c3cc(F)ccc3C(F)(F)F)nc12. The number of aromatic amines is 1. The number of fused-ring (bicyclic) bond motifs is 1. The van der Waals surface area contributed by atoms with Gasteiger partial charge in [-0.15, -0.1) is 0 Å². The number of carbonyl (C=O) groups is 1. The number of benzene rings is 1. The summed E-state index contributed by atoms with van der Waals surface area (Å²) in [6, 6.07) is 5.36. The first kappa shape index (κ1) is 18.5. The van der Waals surface area contributed by atoms with E-state index in [0.29, 0.717) is 11.8 Å². The van der Waals surface area contributed by atoms with Crippen molar-refractivity contribution in [3.63, 3.8) is 0 Å². The van der Waals surface area contributed by atoms with Gasteiger partial charge in [-0.25, -0.2) is 9.37 Å². The van der Waals surface area contributed by atoms with Crippen molar-refractivity contribution in [1.82, 2.24) is 19.9 Å². The van der Waals surface area contributed by atoms with Crippen LogP contribution in [0.4, 0.5) is 23.2 Å². The van der Waals surface area contributed by atoms with Gasteiger partial charge in [-0.2, -0.15) is 13.2 Å². The number of pyridine rings is 2. The standard InChI is InChI=1S/C19H11F4N5O/c20-10-3-4-14(19(21,22)23)12(6-10)17-27-15-9-25-8-13(16(15)28-17)18(29)26-11-2-1-5-24-7-11/h1-9H,(H,26,29)(H,27,28). The number of alkyl halides is 3. The van der Waals surface area contributed by atoms with Crippen LogP contribution in [0.15, 0.2) is 55.1 Å². The van der Waals surface area contributed by atoms with E-state index >= 15 is 0 Å². The van der Waals surface area contributed by atoms with E-state index in [2.05, 4.69) is 25.3 Å². The van der Waals surface area contributed by atoms with Crippen LogP contribution in [0.5, 0.6) is 0 Å². The average Bonchev–Trinajstić information content (AvgIpc) is 3.12. The molecular weight excluding hydrogens is 390 g/mol. The number of imidazole rings is 1. The summed E-state index contributed by atoms with van der Waals surface area (Å²) in [4.78, 5) is 27.2. The third kappa shape index (κ3) is 3.64. The molecule has 0 aliphatic heterocycles. The molecule has 0 fully saturated rings. The van der Waals surface area contributed by atoms with Crippen LogP contribution < -0.4 is 5.32 Å². The molecule has 0 unspecified atom stereocenters. The van der Waals surface area contributed by atoms with Crippen LogP contribution in [0.2, 0.25) is 0 Å². The highest BCUT2D eigenvalue weighted by molar-refractivity contribution is 6.11. The molecule has 0 aliphatic rings. The van der Waals surface area contributed by atoms with Crippen LogP contribution in [0.25, 0.3) is 22.4 Å². The molecule has 0 saturated heterocycles. The van der Waals surface area contributed by atoms with E-state index in [9.17, 15) is 22.4 Å². The number of halogens is 4. The molecular formula is C19H11F4N5O. The Labute approximate surface area is 160 Å². The summed E-state index contributed by atoms with van der Waals surface area (Å²) in [6.45, 7) is 0. The fraction of sp³-hybridized carbons (Fsp3) is 0.0526. The molecule has 10 heteroatoms. The van der Waals surface area contributed by atoms with Crippen LogP contribution in [0.1, 0.15) is 15.9 Å². The van der Waals surface area contributed by atoms with Gasteiger partial charge >= 0.3 is 6.18 Å². The smallest absolute Gasteiger partial charge is 0.337 e. The van der Waals surface area contributed by atoms with Crippen LogP contribution in [0, 0.1) is 5.82 Å². The van der Waals surface area contributed by atoms with E-state index in [4.69, 9.17) is 0 Å². The summed E-state index contributed by atoms with van der Waals surface area (Å²) in [5, 5.41) is 2.61. The molecule has 0 aliphatic carbocycles. The second kappa shape index (κ2) is 6.97. The first-order valence-electron chi connectivity index (χ1n) is 8.25. The Bertz CT molecular complexity index is 1200. The number of anilines is 1. The minimum Gasteiger partial charge on any atom is -0.337 e. The lowest BCUT2D eigenvalue weighted by molar-refractivity contribution is -0.137. The molecule has 4 rings (SSSR count). The molecule has 0 saturated carbocycles. The molecule has 0 atom stereocenters. The first-order chi connectivity index (χ1) is 13.8. The van der Waals surface area contributed by atoms with Crippen LogP contribution >= 0.6 is 0 Å². The number of amides is 1. The first-order valence-corrected chi connectivity index (χ1v) is 8.25. The summed E-state index contributed by atoms with van der Waals surface area (Å²) in [6.07, 6.45) is 0.827. The molecule has 4 aromatic rings. The van der Waals surface area contributed by atoms with Crippen molar-refractivity contribution < 1.29 is 22.4 Å². The van der Waals surface area contributed by atoms with Crippen LogP contribution in [-0.2, 0) is 6.18 Å². The second-order valence-electron chi connectivity index (χ2n) is 6.05. The summed E-state index contributed by atoms with van der Waals surface area (Å²) in [5.74, 6) is -1.64. The number of H-pyrrole nitrogens is 1. The van der Waals surface area contributed by atoms with E-state index in [-0.39, 0.29) is 22.4 Å². The number of rotatable bonds is 3. The number of carbonyl (C=O) groups excluding carboxylic acids is 1. The van der Waals surface area contributed by atoms with Crippen molar-refractivity contribution in [2.45, 2.75) is 6.18 Å². The third-order valence-corrected chi connectivity index (χ3v) is 4.10. The highest BCUT2D eigenvalue weighted by Crippen LogP contribution is 2.37. The molecule has 0 spiro atoms. The van der Waals surface area contributed by atoms with Gasteiger partial charge in [-0.05, 0) is 30.3 Å². The Morgan fingerprint density at radius 2 is 1.90 bits per heavy atom. The molecule has 0 radical (unpaired) electrons. The monoisotopic (exact) mass is 401 g/mol. The number of nitrogens with zero attached hydrogens (tertiary/aromatic N) is 3. The summed E-state index contributed by atoms with van der Waals surface area (Å²) < 4.78 is 53.6. The minimum atomic E-state index is -4.71. The van der Waals surface area contributed by atoms with E-state index in [0.717, 1.165) is 12.1 Å². The van der Waals surface area contributed by atoms with E-state index in [1.807, 2.05) is 0 Å². The van der Waals surface area contributed by atoms with Gasteiger partial charge in [0.15, 0.2) is 0 Å². The largest absolute Gasteiger partial charge is 0.417 e. The fourth-order valence-corrected chi connectivity index (χ4v) is 2.82. The molecule has 3 heterocycles. The van der Waals surface area contributed by atoms with Gasteiger partial charge in [-0.1, -0.05) is 0 Å². The van der Waals surface area contributed by atoms with Crippen molar-refractivity contribution in [3.05, 3.63) is 72.1 Å². The molecule has 1 amide bonds. The summed E-state index contributed by atoms with van der Waals surface area (Å²) >= 11 is 0. The average molecular weight is 401 g/mol. The van der Waals surface area contributed by atoms with Gasteiger partial charge in [0, 0.05) is 18.0 Å². The van der Waals surface area contributed by atoms with E-state index in [1.54, 1.807) is 12.1 Å². The number of nitrogens with one attached hydrogen (secondary N) is 2. The Morgan fingerprint density at radius 3 is 2.62 bits per heavy atom. The predicted octanol–water partition coefficient (Wildman–Crippen LogP) is 4.43. The van der Waals surface area contributed by atoms with Crippen molar-refractivity contribution in [3.8, 4) is 11.4 Å². The Morgan fingerprint density at radius 1 is 1.07 bits per heavy atom. The molecule has 1 aromatic carbocycles. The van der Waals surface area contributed by atoms with Gasteiger partial charge in [-0.3, -0.25) is 14.8 Å². The normalized spacial score (nSPS) is 11.6. The maximum absolute atomic E-state index is 13.6. The molecule has 146 valence electrons. The lowest BCUT2D eigenvalue weighted by Crippen LogP contribution is -2.13. The van der Waals surface area contributed by atoms with Crippen molar-refractivity contribution >= 4 is 22.6 Å². The lowest BCUT2D eigenvalue weighted by atomic mass is 10.1. The molecule has 6 nitrogen and oxygen atoms in total. The van der Waals surface area contributed by atoms with E-state index in [1.165, 1.54) is 24.8 Å². The molecule has 3 aromatic heterocycles. The maximum atomic E-state index is 13.6.